The summed E-state index contributed by atoms with van der Waals surface area (Å²) in [4.78, 5) is 0. The van der Waals surface area contributed by atoms with Gasteiger partial charge in [0.1, 0.15) is 12.4 Å². The summed E-state index contributed by atoms with van der Waals surface area (Å²) in [6, 6.07) is 10.1. The van der Waals surface area contributed by atoms with E-state index in [0.29, 0.717) is 16.5 Å². The van der Waals surface area contributed by atoms with Crippen LogP contribution >= 0.6 is 24.0 Å². The van der Waals surface area contributed by atoms with E-state index in [0.717, 1.165) is 17.7 Å². The molecular weight excluding hydrogens is 364 g/mol. The first-order chi connectivity index (χ1) is 11.3. The van der Waals surface area contributed by atoms with Crippen LogP contribution in [0, 0.1) is 5.82 Å². The van der Waals surface area contributed by atoms with Crippen molar-refractivity contribution < 1.29 is 13.9 Å². The summed E-state index contributed by atoms with van der Waals surface area (Å²) in [6.45, 7) is 7.34. The Hall–Kier alpha value is -1.49. The van der Waals surface area contributed by atoms with Gasteiger partial charge < -0.3 is 14.8 Å². The number of ether oxygens (including phenoxy) is 2. The molecule has 138 valence electrons. The van der Waals surface area contributed by atoms with Crippen LogP contribution in [0.4, 0.5) is 4.39 Å². The van der Waals surface area contributed by atoms with Crippen molar-refractivity contribution in [2.24, 2.45) is 0 Å². The molecule has 0 fully saturated rings. The van der Waals surface area contributed by atoms with Crippen LogP contribution in [0.5, 0.6) is 11.5 Å². The Kier molecular flexibility index (Phi) is 8.00. The monoisotopic (exact) mass is 387 g/mol. The van der Waals surface area contributed by atoms with Crippen LogP contribution in [0.2, 0.25) is 5.02 Å². The van der Waals surface area contributed by atoms with Crippen molar-refractivity contribution in [2.45, 2.75) is 39.5 Å². The number of halogens is 3. The van der Waals surface area contributed by atoms with Gasteiger partial charge in [0.2, 0.25) is 0 Å². The summed E-state index contributed by atoms with van der Waals surface area (Å²) in [6.07, 6.45) is 0. The molecule has 2 rings (SSSR count). The fourth-order valence-corrected chi connectivity index (χ4v) is 2.32. The minimum absolute atomic E-state index is 0. The van der Waals surface area contributed by atoms with E-state index in [9.17, 15) is 4.39 Å². The first-order valence-corrected chi connectivity index (χ1v) is 8.15. The van der Waals surface area contributed by atoms with Crippen LogP contribution in [-0.2, 0) is 13.2 Å². The molecule has 2 aromatic rings. The highest BCUT2D eigenvalue weighted by atomic mass is 35.5. The highest BCUT2D eigenvalue weighted by Gasteiger charge is 2.11. The zero-order valence-corrected chi connectivity index (χ0v) is 16.4. The van der Waals surface area contributed by atoms with Crippen molar-refractivity contribution in [2.75, 3.05) is 7.11 Å². The molecule has 25 heavy (non-hydrogen) atoms. The predicted molar refractivity (Wildman–Crippen MR) is 103 cm³/mol. The SMILES string of the molecule is COc1cc(CNC(C)(C)C)ccc1OCc1ccc(F)cc1Cl.Cl. The lowest BCUT2D eigenvalue weighted by Gasteiger charge is -2.21. The van der Waals surface area contributed by atoms with Gasteiger partial charge in [0.05, 0.1) is 12.1 Å². The minimum Gasteiger partial charge on any atom is -0.493 e. The minimum atomic E-state index is -0.364. The molecule has 1 N–H and O–H groups in total. The van der Waals surface area contributed by atoms with Gasteiger partial charge in [0.25, 0.3) is 0 Å². The second-order valence-corrected chi connectivity index (χ2v) is 7.02. The molecule has 3 nitrogen and oxygen atoms in total. The van der Waals surface area contributed by atoms with E-state index in [4.69, 9.17) is 21.1 Å². The van der Waals surface area contributed by atoms with Gasteiger partial charge in [-0.1, -0.05) is 23.7 Å². The number of nitrogens with one attached hydrogen (secondary N) is 1. The lowest BCUT2D eigenvalue weighted by atomic mass is 10.1. The smallest absolute Gasteiger partial charge is 0.161 e. The van der Waals surface area contributed by atoms with Crippen molar-refractivity contribution in [1.82, 2.24) is 5.32 Å². The van der Waals surface area contributed by atoms with Crippen molar-refractivity contribution in [3.63, 3.8) is 0 Å². The Bertz CT molecular complexity index is 702. The third-order valence-corrected chi connectivity index (χ3v) is 3.80. The molecule has 0 aromatic heterocycles. The number of hydrogen-bond donors (Lipinski definition) is 1. The van der Waals surface area contributed by atoms with Crippen LogP contribution in [0.1, 0.15) is 31.9 Å². The maximum Gasteiger partial charge on any atom is 0.161 e. The quantitative estimate of drug-likeness (QED) is 0.721. The van der Waals surface area contributed by atoms with E-state index >= 15 is 0 Å². The molecule has 0 saturated heterocycles. The standard InChI is InChI=1S/C19H23ClFNO2.ClH/c1-19(2,3)22-11-13-5-8-17(18(9-13)23-4)24-12-14-6-7-15(21)10-16(14)20;/h5-10,22H,11-12H2,1-4H3;1H. The van der Waals surface area contributed by atoms with Crippen LogP contribution in [0.25, 0.3) is 0 Å². The predicted octanol–water partition coefficient (Wildman–Crippen LogP) is 5.38. The zero-order chi connectivity index (χ0) is 17.7. The lowest BCUT2D eigenvalue weighted by Crippen LogP contribution is -2.35. The Morgan fingerprint density at radius 3 is 2.40 bits per heavy atom. The summed E-state index contributed by atoms with van der Waals surface area (Å²) in [5.41, 5.74) is 1.87. The van der Waals surface area contributed by atoms with Gasteiger partial charge in [-0.3, -0.25) is 0 Å². The van der Waals surface area contributed by atoms with Gasteiger partial charge in [0.15, 0.2) is 11.5 Å². The van der Waals surface area contributed by atoms with Crippen molar-refractivity contribution in [3.8, 4) is 11.5 Å². The average Bonchev–Trinajstić information content (AvgIpc) is 2.51. The number of methoxy groups -OCH3 is 1. The van der Waals surface area contributed by atoms with Crippen molar-refractivity contribution >= 4 is 24.0 Å². The molecule has 0 aliphatic carbocycles. The van der Waals surface area contributed by atoms with E-state index in [1.165, 1.54) is 12.1 Å². The van der Waals surface area contributed by atoms with Gasteiger partial charge in [-0.2, -0.15) is 0 Å². The molecule has 0 bridgehead atoms. The largest absolute Gasteiger partial charge is 0.493 e. The molecule has 0 saturated carbocycles. The van der Waals surface area contributed by atoms with E-state index in [-0.39, 0.29) is 30.4 Å². The Labute approximate surface area is 159 Å². The van der Waals surface area contributed by atoms with Gasteiger partial charge >= 0.3 is 0 Å². The summed E-state index contributed by atoms with van der Waals surface area (Å²) in [5.74, 6) is 0.913. The maximum absolute atomic E-state index is 13.1. The van der Waals surface area contributed by atoms with Gasteiger partial charge in [-0.15, -0.1) is 12.4 Å². The summed E-state index contributed by atoms with van der Waals surface area (Å²) in [5, 5.41) is 3.78. The second kappa shape index (κ2) is 9.27. The van der Waals surface area contributed by atoms with Crippen molar-refractivity contribution in [3.05, 3.63) is 58.4 Å². The van der Waals surface area contributed by atoms with E-state index < -0.39 is 0 Å². The molecule has 0 aliphatic rings. The van der Waals surface area contributed by atoms with E-state index in [1.54, 1.807) is 13.2 Å². The molecule has 0 aliphatic heterocycles. The summed E-state index contributed by atoms with van der Waals surface area (Å²) in [7, 11) is 1.61. The summed E-state index contributed by atoms with van der Waals surface area (Å²) >= 11 is 6.02. The Morgan fingerprint density at radius 2 is 1.80 bits per heavy atom. The number of benzene rings is 2. The Balaban J connectivity index is 0.00000312. The van der Waals surface area contributed by atoms with Gasteiger partial charge in [-0.05, 0) is 50.6 Å². The van der Waals surface area contributed by atoms with Gasteiger partial charge in [-0.25, -0.2) is 4.39 Å². The third-order valence-electron chi connectivity index (χ3n) is 3.45. The maximum atomic E-state index is 13.1. The number of hydrogen-bond acceptors (Lipinski definition) is 3. The van der Waals surface area contributed by atoms with Crippen LogP contribution < -0.4 is 14.8 Å². The molecular formula is C19H24Cl2FNO2. The molecule has 0 spiro atoms. The van der Waals surface area contributed by atoms with Crippen LogP contribution in [0.15, 0.2) is 36.4 Å². The fraction of sp³-hybridized carbons (Fsp3) is 0.368. The topological polar surface area (TPSA) is 30.5 Å². The Morgan fingerprint density at radius 1 is 1.08 bits per heavy atom. The van der Waals surface area contributed by atoms with E-state index in [2.05, 4.69) is 26.1 Å². The molecule has 0 atom stereocenters. The van der Waals surface area contributed by atoms with E-state index in [1.807, 2.05) is 18.2 Å². The van der Waals surface area contributed by atoms with Crippen LogP contribution in [-0.4, -0.2) is 12.6 Å². The molecule has 6 heteroatoms. The normalized spacial score (nSPS) is 11.0. The van der Waals surface area contributed by atoms with Gasteiger partial charge in [0, 0.05) is 17.6 Å². The fourth-order valence-electron chi connectivity index (χ4n) is 2.10. The molecule has 0 heterocycles. The molecule has 2 aromatic carbocycles. The zero-order valence-electron chi connectivity index (χ0n) is 14.9. The van der Waals surface area contributed by atoms with Crippen molar-refractivity contribution in [1.29, 1.82) is 0 Å². The third kappa shape index (κ3) is 6.73. The first-order valence-electron chi connectivity index (χ1n) is 7.77. The molecule has 0 amide bonds. The van der Waals surface area contributed by atoms with Crippen LogP contribution in [0.3, 0.4) is 0 Å². The molecule has 0 radical (unpaired) electrons. The lowest BCUT2D eigenvalue weighted by molar-refractivity contribution is 0.284. The summed E-state index contributed by atoms with van der Waals surface area (Å²) < 4.78 is 24.3. The number of rotatable bonds is 6. The highest BCUT2D eigenvalue weighted by Crippen LogP contribution is 2.30. The average molecular weight is 388 g/mol. The molecule has 0 unspecified atom stereocenters. The first kappa shape index (κ1) is 21.6. The highest BCUT2D eigenvalue weighted by molar-refractivity contribution is 6.31. The second-order valence-electron chi connectivity index (χ2n) is 6.61.